The zero-order chi connectivity index (χ0) is 53.9. The Morgan fingerprint density at radius 1 is 0.273 bits per heavy atom. The first kappa shape index (κ1) is 50.2. The molecular formula is C75H70B2. The van der Waals surface area contributed by atoms with Crippen LogP contribution >= 0.6 is 0 Å². The minimum Gasteiger partial charge on any atom is -0.0686 e. The summed E-state index contributed by atoms with van der Waals surface area (Å²) in [7, 11) is 0. The predicted molar refractivity (Wildman–Crippen MR) is 339 cm³/mol. The van der Waals surface area contributed by atoms with Gasteiger partial charge in [0.15, 0.2) is 0 Å². The molecule has 376 valence electrons. The van der Waals surface area contributed by atoms with Gasteiger partial charge in [0, 0.05) is 5.41 Å². The molecule has 11 aromatic rings. The van der Waals surface area contributed by atoms with E-state index in [-0.39, 0.29) is 18.8 Å². The van der Waals surface area contributed by atoms with Gasteiger partial charge in [-0.3, -0.25) is 0 Å². The van der Waals surface area contributed by atoms with Crippen molar-refractivity contribution >= 4 is 78.5 Å². The van der Waals surface area contributed by atoms with E-state index >= 15 is 0 Å². The van der Waals surface area contributed by atoms with Crippen molar-refractivity contribution in [1.82, 2.24) is 0 Å². The van der Waals surface area contributed by atoms with E-state index in [0.29, 0.717) is 0 Å². The van der Waals surface area contributed by atoms with Gasteiger partial charge in [0.2, 0.25) is 13.4 Å². The highest BCUT2D eigenvalue weighted by atomic mass is 14.4. The first-order chi connectivity index (χ1) is 36.9. The van der Waals surface area contributed by atoms with E-state index in [1.165, 1.54) is 176 Å². The molecule has 0 aliphatic heterocycles. The molecule has 0 unspecified atom stereocenters. The Balaban J connectivity index is 0.965. The second-order valence-electron chi connectivity index (χ2n) is 24.0. The van der Waals surface area contributed by atoms with Gasteiger partial charge in [-0.1, -0.05) is 265 Å². The van der Waals surface area contributed by atoms with Gasteiger partial charge in [0.1, 0.15) is 0 Å². The molecule has 0 saturated carbocycles. The number of fused-ring (bicyclic) bond motifs is 6. The van der Waals surface area contributed by atoms with E-state index in [1.54, 1.807) is 0 Å². The summed E-state index contributed by atoms with van der Waals surface area (Å²) in [5.41, 5.74) is 34.6. The van der Waals surface area contributed by atoms with E-state index in [2.05, 4.69) is 267 Å². The van der Waals surface area contributed by atoms with Crippen LogP contribution in [0.3, 0.4) is 0 Å². The largest absolute Gasteiger partial charge is 0.242 e. The third kappa shape index (κ3) is 8.30. The number of hydrogen-bond donors (Lipinski definition) is 0. The standard InChI is InChI=1S/C75H70B2/c1-43-32-47(5)71(48(6)33-43)76(72-49(7)34-44(2)35-50(72)8)58-27-22-55(23-28-58)57-26-31-62-67-42-65-61-19-16-15-18-60(61)64(41-66(65)63-20-17-21-68(70(63)67)75(13,14)69(62)40-57)56-24-29-59(30-25-56)77(73-51(9)36-45(3)37-52(73)10)74-53(11)38-46(4)39-54(74)12/h15-42H,1-14H3. The molecule has 0 nitrogen and oxygen atoms in total. The Hall–Kier alpha value is -7.67. The number of hydrogen-bond acceptors (Lipinski definition) is 0. The molecule has 0 N–H and O–H groups in total. The lowest BCUT2D eigenvalue weighted by molar-refractivity contribution is 0.645. The molecule has 12 rings (SSSR count). The molecule has 0 aromatic heterocycles. The van der Waals surface area contributed by atoms with Gasteiger partial charge in [-0.2, -0.15) is 0 Å². The highest BCUT2D eigenvalue weighted by Crippen LogP contribution is 2.52. The average Bonchev–Trinajstić information content (AvgIpc) is 3.56. The summed E-state index contributed by atoms with van der Waals surface area (Å²) < 4.78 is 0. The molecular weight excluding hydrogens is 922 g/mol. The molecule has 0 saturated heterocycles. The van der Waals surface area contributed by atoms with Crippen LogP contribution in [0.25, 0.3) is 65.7 Å². The number of aryl methyl sites for hydroxylation is 12. The van der Waals surface area contributed by atoms with E-state index in [0.717, 1.165) is 0 Å². The van der Waals surface area contributed by atoms with Crippen molar-refractivity contribution < 1.29 is 0 Å². The van der Waals surface area contributed by atoms with E-state index < -0.39 is 0 Å². The highest BCUT2D eigenvalue weighted by molar-refractivity contribution is 6.97. The molecule has 77 heavy (non-hydrogen) atoms. The van der Waals surface area contributed by atoms with Crippen molar-refractivity contribution in [2.24, 2.45) is 0 Å². The molecule has 0 atom stereocenters. The maximum Gasteiger partial charge on any atom is 0.242 e. The van der Waals surface area contributed by atoms with Crippen LogP contribution in [0.1, 0.15) is 91.7 Å². The highest BCUT2D eigenvalue weighted by Gasteiger charge is 2.35. The second kappa shape index (κ2) is 18.8. The SMILES string of the molecule is Cc1cc(C)c(B(c2ccc(-c3ccc4c(c3)C(C)(C)c3cccc5c3c-4cc3c4ccccc4c(-c4ccc(B(c6c(C)cc(C)cc6C)c6c(C)cc(C)cc6C)cc4)cc53)cc2)c2c(C)cc(C)cc2C)c(C)c1. The third-order valence-electron chi connectivity index (χ3n) is 17.9. The summed E-state index contributed by atoms with van der Waals surface area (Å²) in [5.74, 6) is 0. The van der Waals surface area contributed by atoms with Crippen molar-refractivity contribution in [3.63, 3.8) is 0 Å². The lowest BCUT2D eigenvalue weighted by atomic mass is 9.34. The van der Waals surface area contributed by atoms with Crippen molar-refractivity contribution in [2.75, 3.05) is 0 Å². The summed E-state index contributed by atoms with van der Waals surface area (Å²) in [6.45, 7) is 32.4. The van der Waals surface area contributed by atoms with Gasteiger partial charge < -0.3 is 0 Å². The van der Waals surface area contributed by atoms with Crippen molar-refractivity contribution in [2.45, 2.75) is 102 Å². The smallest absolute Gasteiger partial charge is 0.0686 e. The van der Waals surface area contributed by atoms with Crippen LogP contribution in [0.5, 0.6) is 0 Å². The molecule has 0 bridgehead atoms. The van der Waals surface area contributed by atoms with Crippen LogP contribution < -0.4 is 32.8 Å². The zero-order valence-electron chi connectivity index (χ0n) is 47.8. The van der Waals surface area contributed by atoms with Gasteiger partial charge in [0.25, 0.3) is 0 Å². The van der Waals surface area contributed by atoms with Gasteiger partial charge in [-0.25, -0.2) is 0 Å². The summed E-state index contributed by atoms with van der Waals surface area (Å²) in [6, 6.07) is 66.4. The fraction of sp³-hybridized carbons (Fsp3) is 0.200. The second-order valence-corrected chi connectivity index (χ2v) is 24.0. The Morgan fingerprint density at radius 3 is 1.10 bits per heavy atom. The molecule has 11 aromatic carbocycles. The molecule has 1 aliphatic carbocycles. The maximum absolute atomic E-state index is 2.52. The summed E-state index contributed by atoms with van der Waals surface area (Å²) >= 11 is 0. The Bertz CT molecular complexity index is 4030. The first-order valence-electron chi connectivity index (χ1n) is 28.0. The van der Waals surface area contributed by atoms with Gasteiger partial charge >= 0.3 is 0 Å². The summed E-state index contributed by atoms with van der Waals surface area (Å²) in [4.78, 5) is 0. The van der Waals surface area contributed by atoms with Crippen LogP contribution in [-0.2, 0) is 5.41 Å². The molecule has 0 amide bonds. The minimum absolute atomic E-state index is 0.127. The predicted octanol–water partition coefficient (Wildman–Crippen LogP) is 15.5. The van der Waals surface area contributed by atoms with E-state index in [1.807, 2.05) is 0 Å². The molecule has 0 fully saturated rings. The fourth-order valence-corrected chi connectivity index (χ4v) is 14.9. The molecule has 0 heterocycles. The van der Waals surface area contributed by atoms with Gasteiger partial charge in [0.05, 0.1) is 0 Å². The molecule has 1 aliphatic rings. The van der Waals surface area contributed by atoms with Crippen LogP contribution in [-0.4, -0.2) is 13.4 Å². The lowest BCUT2D eigenvalue weighted by Gasteiger charge is -2.36. The van der Waals surface area contributed by atoms with E-state index in [4.69, 9.17) is 0 Å². The Labute approximate surface area is 459 Å². The topological polar surface area (TPSA) is 0 Å². The lowest BCUT2D eigenvalue weighted by Crippen LogP contribution is -2.55. The van der Waals surface area contributed by atoms with Gasteiger partial charge in [-0.15, -0.1) is 0 Å². The average molecular weight is 993 g/mol. The first-order valence-corrected chi connectivity index (χ1v) is 28.0. The normalized spacial score (nSPS) is 12.6. The summed E-state index contributed by atoms with van der Waals surface area (Å²) in [6.07, 6.45) is 0. The van der Waals surface area contributed by atoms with Crippen molar-refractivity contribution in [3.05, 3.63) is 248 Å². The van der Waals surface area contributed by atoms with Crippen LogP contribution in [0.2, 0.25) is 0 Å². The third-order valence-corrected chi connectivity index (χ3v) is 17.9. The minimum atomic E-state index is -0.230. The monoisotopic (exact) mass is 993 g/mol. The van der Waals surface area contributed by atoms with E-state index in [9.17, 15) is 0 Å². The quantitative estimate of drug-likeness (QED) is 0.105. The Kier molecular flexibility index (Phi) is 12.3. The maximum atomic E-state index is 2.52. The molecule has 2 heteroatoms. The van der Waals surface area contributed by atoms with Crippen molar-refractivity contribution in [1.29, 1.82) is 0 Å². The number of rotatable bonds is 8. The molecule has 0 radical (unpaired) electrons. The van der Waals surface area contributed by atoms with Crippen LogP contribution in [0.15, 0.2) is 170 Å². The van der Waals surface area contributed by atoms with Gasteiger partial charge in [-0.05, 0) is 178 Å². The number of benzene rings is 11. The molecule has 0 spiro atoms. The van der Waals surface area contributed by atoms with Crippen LogP contribution in [0.4, 0.5) is 0 Å². The fourth-order valence-electron chi connectivity index (χ4n) is 14.9. The Morgan fingerprint density at radius 2 is 0.649 bits per heavy atom. The van der Waals surface area contributed by atoms with Crippen molar-refractivity contribution in [3.8, 4) is 33.4 Å². The zero-order valence-corrected chi connectivity index (χ0v) is 47.8. The summed E-state index contributed by atoms with van der Waals surface area (Å²) in [5, 5.41) is 7.86. The van der Waals surface area contributed by atoms with Crippen LogP contribution in [0, 0.1) is 83.1 Å².